The number of piperazine rings is 1. The lowest BCUT2D eigenvalue weighted by Gasteiger charge is -2.49. The van der Waals surface area contributed by atoms with Crippen LogP contribution in [0.5, 0.6) is 0 Å². The third kappa shape index (κ3) is 3.48. The van der Waals surface area contributed by atoms with E-state index in [1.165, 1.54) is 11.3 Å². The van der Waals surface area contributed by atoms with Crippen molar-refractivity contribution in [3.05, 3.63) is 21.9 Å². The summed E-state index contributed by atoms with van der Waals surface area (Å²) < 4.78 is 5.13. The lowest BCUT2D eigenvalue weighted by molar-refractivity contribution is -0.121. The van der Waals surface area contributed by atoms with Crippen LogP contribution in [0.15, 0.2) is 12.1 Å². The van der Waals surface area contributed by atoms with Gasteiger partial charge in [0.25, 0.3) is 5.91 Å². The van der Waals surface area contributed by atoms with Gasteiger partial charge in [-0.1, -0.05) is 0 Å². The topological polar surface area (TPSA) is 61.9 Å². The van der Waals surface area contributed by atoms with Crippen molar-refractivity contribution in [3.8, 4) is 0 Å². The highest BCUT2D eigenvalue weighted by atomic mass is 32.1. The molecule has 3 heterocycles. The van der Waals surface area contributed by atoms with Crippen molar-refractivity contribution < 1.29 is 14.3 Å². The number of amides is 2. The van der Waals surface area contributed by atoms with Crippen LogP contribution in [0.3, 0.4) is 0 Å². The zero-order valence-electron chi connectivity index (χ0n) is 14.3. The highest BCUT2D eigenvalue weighted by molar-refractivity contribution is 7.14. The van der Waals surface area contributed by atoms with Gasteiger partial charge in [-0.2, -0.15) is 0 Å². The van der Waals surface area contributed by atoms with E-state index in [9.17, 15) is 9.59 Å². The summed E-state index contributed by atoms with van der Waals surface area (Å²) in [6.07, 6.45) is 2.22. The van der Waals surface area contributed by atoms with E-state index >= 15 is 0 Å². The van der Waals surface area contributed by atoms with Crippen molar-refractivity contribution in [3.63, 3.8) is 0 Å². The first kappa shape index (κ1) is 17.4. The predicted octanol–water partition coefficient (Wildman–Crippen LogP) is 1.32. The Kier molecular flexibility index (Phi) is 5.22. The Labute approximate surface area is 146 Å². The number of likely N-dealkylation sites (N-methyl/N-ethyl adjacent to an activating group) is 1. The maximum Gasteiger partial charge on any atom is 0.264 e. The molecular formula is C17H25N3O3S. The number of ether oxygens (including phenoxy) is 1. The maximum absolute atomic E-state index is 12.9. The summed E-state index contributed by atoms with van der Waals surface area (Å²) in [7, 11) is 3.77. The van der Waals surface area contributed by atoms with E-state index in [1.54, 1.807) is 7.11 Å². The summed E-state index contributed by atoms with van der Waals surface area (Å²) >= 11 is 1.50. The molecule has 0 bridgehead atoms. The SMILES string of the molecule is COCc1ccc(C(=O)N2CCN(C)C3(CCNC(=O)CC3)C2)s1. The molecular weight excluding hydrogens is 326 g/mol. The van der Waals surface area contributed by atoms with Crippen LogP contribution in [0.2, 0.25) is 0 Å². The van der Waals surface area contributed by atoms with Gasteiger partial charge >= 0.3 is 0 Å². The standard InChI is InChI=1S/C17H25N3O3S/c1-19-9-10-20(12-17(19)6-5-15(21)18-8-7-17)16(22)14-4-3-13(24-14)11-23-2/h3-4H,5-12H2,1-2H3,(H,18,21). The van der Waals surface area contributed by atoms with Gasteiger partial charge in [-0.15, -0.1) is 11.3 Å². The fourth-order valence-corrected chi connectivity index (χ4v) is 4.59. The Morgan fingerprint density at radius 3 is 3.00 bits per heavy atom. The van der Waals surface area contributed by atoms with Crippen LogP contribution in [0.4, 0.5) is 0 Å². The molecule has 7 heteroatoms. The number of thiophene rings is 1. The fraction of sp³-hybridized carbons (Fsp3) is 0.647. The van der Waals surface area contributed by atoms with Crippen molar-refractivity contribution in [1.82, 2.24) is 15.1 Å². The molecule has 1 atom stereocenters. The molecule has 3 rings (SSSR count). The van der Waals surface area contributed by atoms with E-state index in [0.29, 0.717) is 26.1 Å². The second-order valence-corrected chi connectivity index (χ2v) is 7.84. The van der Waals surface area contributed by atoms with Gasteiger partial charge in [0.15, 0.2) is 0 Å². The van der Waals surface area contributed by atoms with Crippen molar-refractivity contribution in [2.75, 3.05) is 40.3 Å². The molecule has 1 N–H and O–H groups in total. The molecule has 2 aliphatic rings. The van der Waals surface area contributed by atoms with Gasteiger partial charge in [-0.25, -0.2) is 0 Å². The van der Waals surface area contributed by atoms with E-state index in [-0.39, 0.29) is 17.4 Å². The molecule has 0 aliphatic carbocycles. The minimum atomic E-state index is -0.0975. The Morgan fingerprint density at radius 2 is 2.21 bits per heavy atom. The van der Waals surface area contributed by atoms with E-state index in [1.807, 2.05) is 17.0 Å². The van der Waals surface area contributed by atoms with E-state index in [0.717, 1.165) is 35.7 Å². The van der Waals surface area contributed by atoms with Crippen LogP contribution in [0, 0.1) is 0 Å². The van der Waals surface area contributed by atoms with Crippen LogP contribution in [-0.4, -0.2) is 67.5 Å². The Morgan fingerprint density at radius 1 is 1.38 bits per heavy atom. The average molecular weight is 351 g/mol. The number of hydrogen-bond acceptors (Lipinski definition) is 5. The molecule has 6 nitrogen and oxygen atoms in total. The van der Waals surface area contributed by atoms with Gasteiger partial charge in [0.2, 0.25) is 5.91 Å². The summed E-state index contributed by atoms with van der Waals surface area (Å²) in [6, 6.07) is 3.85. The number of carbonyl (C=O) groups is 2. The van der Waals surface area contributed by atoms with Crippen LogP contribution >= 0.6 is 11.3 Å². The molecule has 2 fully saturated rings. The number of hydrogen-bond donors (Lipinski definition) is 1. The Bertz CT molecular complexity index is 618. The number of carbonyl (C=O) groups excluding carboxylic acids is 2. The summed E-state index contributed by atoms with van der Waals surface area (Å²) in [6.45, 7) is 3.49. The molecule has 0 saturated carbocycles. The highest BCUT2D eigenvalue weighted by Gasteiger charge is 2.42. The molecule has 2 saturated heterocycles. The van der Waals surface area contributed by atoms with Gasteiger partial charge < -0.3 is 15.0 Å². The Hall–Kier alpha value is -1.44. The second-order valence-electron chi connectivity index (χ2n) is 6.67. The third-order valence-corrected chi connectivity index (χ3v) is 6.22. The van der Waals surface area contributed by atoms with Crippen LogP contribution in [-0.2, 0) is 16.1 Å². The fourth-order valence-electron chi connectivity index (χ4n) is 3.64. The number of nitrogens with zero attached hydrogens (tertiary/aromatic N) is 2. The van der Waals surface area contributed by atoms with Gasteiger partial charge in [0.1, 0.15) is 0 Å². The van der Waals surface area contributed by atoms with Gasteiger partial charge in [0.05, 0.1) is 11.5 Å². The molecule has 24 heavy (non-hydrogen) atoms. The van der Waals surface area contributed by atoms with Crippen molar-refractivity contribution in [2.24, 2.45) is 0 Å². The molecule has 1 spiro atoms. The summed E-state index contributed by atoms with van der Waals surface area (Å²) in [5.41, 5.74) is -0.0975. The molecule has 1 unspecified atom stereocenters. The molecule has 0 aromatic carbocycles. The zero-order valence-corrected chi connectivity index (χ0v) is 15.2. The van der Waals surface area contributed by atoms with E-state index in [4.69, 9.17) is 4.74 Å². The molecule has 1 aromatic rings. The van der Waals surface area contributed by atoms with Crippen LogP contribution in [0.1, 0.15) is 33.8 Å². The first-order valence-corrected chi connectivity index (χ1v) is 9.21. The molecule has 2 aliphatic heterocycles. The van der Waals surface area contributed by atoms with E-state index < -0.39 is 0 Å². The maximum atomic E-state index is 12.9. The third-order valence-electron chi connectivity index (χ3n) is 5.18. The summed E-state index contributed by atoms with van der Waals surface area (Å²) in [5.74, 6) is 0.213. The lowest BCUT2D eigenvalue weighted by atomic mass is 9.86. The minimum absolute atomic E-state index is 0.0957. The highest BCUT2D eigenvalue weighted by Crippen LogP contribution is 2.31. The second kappa shape index (κ2) is 7.21. The van der Waals surface area contributed by atoms with Crippen LogP contribution in [0.25, 0.3) is 0 Å². The number of rotatable bonds is 3. The largest absolute Gasteiger partial charge is 0.379 e. The lowest BCUT2D eigenvalue weighted by Crippen LogP contribution is -2.62. The number of nitrogens with one attached hydrogen (secondary N) is 1. The quantitative estimate of drug-likeness (QED) is 0.892. The van der Waals surface area contributed by atoms with E-state index in [2.05, 4.69) is 17.3 Å². The predicted molar refractivity (Wildman–Crippen MR) is 93.2 cm³/mol. The molecule has 0 radical (unpaired) electrons. The molecule has 132 valence electrons. The van der Waals surface area contributed by atoms with Crippen molar-refractivity contribution in [2.45, 2.75) is 31.4 Å². The zero-order chi connectivity index (χ0) is 17.2. The average Bonchev–Trinajstić information content (AvgIpc) is 2.95. The summed E-state index contributed by atoms with van der Waals surface area (Å²) in [4.78, 5) is 30.7. The monoisotopic (exact) mass is 351 g/mol. The summed E-state index contributed by atoms with van der Waals surface area (Å²) in [5, 5.41) is 2.95. The first-order chi connectivity index (χ1) is 11.5. The van der Waals surface area contributed by atoms with Gasteiger partial charge in [-0.3, -0.25) is 14.5 Å². The number of methoxy groups -OCH3 is 1. The first-order valence-electron chi connectivity index (χ1n) is 8.39. The smallest absolute Gasteiger partial charge is 0.264 e. The molecule has 1 aromatic heterocycles. The van der Waals surface area contributed by atoms with Crippen molar-refractivity contribution >= 4 is 23.2 Å². The van der Waals surface area contributed by atoms with Gasteiger partial charge in [-0.05, 0) is 32.0 Å². The van der Waals surface area contributed by atoms with Gasteiger partial charge in [0, 0.05) is 50.1 Å². The minimum Gasteiger partial charge on any atom is -0.379 e. The van der Waals surface area contributed by atoms with Crippen molar-refractivity contribution in [1.29, 1.82) is 0 Å². The molecule has 2 amide bonds. The van der Waals surface area contributed by atoms with Crippen LogP contribution < -0.4 is 5.32 Å². The Balaban J connectivity index is 1.74. The normalized spacial score (nSPS) is 25.6.